The van der Waals surface area contributed by atoms with Gasteiger partial charge in [0.2, 0.25) is 6.43 Å². The van der Waals surface area contributed by atoms with Crippen LogP contribution in [0.4, 0.5) is 13.6 Å². The maximum absolute atomic E-state index is 13.0. The molecule has 0 N–H and O–H groups in total. The summed E-state index contributed by atoms with van der Waals surface area (Å²) in [6.07, 6.45) is 0.613. The van der Waals surface area contributed by atoms with Crippen molar-refractivity contribution in [2.24, 2.45) is 5.92 Å². The van der Waals surface area contributed by atoms with Crippen molar-refractivity contribution in [3.63, 3.8) is 0 Å². The first-order valence-corrected chi connectivity index (χ1v) is 9.11. The van der Waals surface area contributed by atoms with E-state index >= 15 is 0 Å². The molecule has 0 bridgehead atoms. The van der Waals surface area contributed by atoms with Gasteiger partial charge in [-0.05, 0) is 37.8 Å². The maximum Gasteiger partial charge on any atom is 0.410 e. The summed E-state index contributed by atoms with van der Waals surface area (Å²) in [5.74, 6) is -0.498. The fourth-order valence-corrected chi connectivity index (χ4v) is 3.80. The summed E-state index contributed by atoms with van der Waals surface area (Å²) in [5.41, 5.74) is 0.970. The summed E-state index contributed by atoms with van der Waals surface area (Å²) >= 11 is 0. The zero-order valence-corrected chi connectivity index (χ0v) is 14.4. The molecule has 1 amide bonds. The molecule has 2 aliphatic heterocycles. The van der Waals surface area contributed by atoms with Crippen LogP contribution in [0.5, 0.6) is 0 Å². The van der Waals surface area contributed by atoms with Crippen molar-refractivity contribution in [2.45, 2.75) is 44.8 Å². The number of alkyl halides is 2. The molecule has 1 aromatic rings. The number of benzene rings is 1. The average molecular weight is 352 g/mol. The minimum Gasteiger partial charge on any atom is -0.445 e. The largest absolute Gasteiger partial charge is 0.445 e. The first-order chi connectivity index (χ1) is 12.1. The van der Waals surface area contributed by atoms with Gasteiger partial charge in [-0.1, -0.05) is 30.3 Å². The molecule has 6 heteroatoms. The molecule has 2 heterocycles. The van der Waals surface area contributed by atoms with E-state index in [0.717, 1.165) is 31.4 Å². The summed E-state index contributed by atoms with van der Waals surface area (Å²) in [6.45, 7) is 2.93. The van der Waals surface area contributed by atoms with Gasteiger partial charge < -0.3 is 9.64 Å². The molecule has 0 saturated carbocycles. The van der Waals surface area contributed by atoms with E-state index in [2.05, 4.69) is 4.90 Å². The summed E-state index contributed by atoms with van der Waals surface area (Å²) in [5, 5.41) is 0. The zero-order chi connectivity index (χ0) is 17.6. The number of piperidine rings is 2. The Bertz CT molecular complexity index is 548. The smallest absolute Gasteiger partial charge is 0.410 e. The first-order valence-electron chi connectivity index (χ1n) is 9.11. The van der Waals surface area contributed by atoms with Gasteiger partial charge in [0.15, 0.2) is 0 Å². The number of nitrogens with zero attached hydrogens (tertiary/aromatic N) is 2. The molecule has 2 aliphatic rings. The van der Waals surface area contributed by atoms with Crippen LogP contribution >= 0.6 is 0 Å². The molecule has 138 valence electrons. The van der Waals surface area contributed by atoms with Crippen LogP contribution in [0, 0.1) is 5.92 Å². The van der Waals surface area contributed by atoms with Crippen LogP contribution < -0.4 is 0 Å². The number of halogens is 2. The molecule has 0 spiro atoms. The van der Waals surface area contributed by atoms with E-state index in [0.29, 0.717) is 32.1 Å². The van der Waals surface area contributed by atoms with E-state index in [1.807, 2.05) is 30.3 Å². The third-order valence-electron chi connectivity index (χ3n) is 5.29. The molecular formula is C19H26F2N2O2. The predicted octanol–water partition coefficient (Wildman–Crippen LogP) is 3.76. The maximum atomic E-state index is 13.0. The van der Waals surface area contributed by atoms with E-state index in [1.165, 1.54) is 0 Å². The lowest BCUT2D eigenvalue weighted by Gasteiger charge is -2.41. The molecule has 0 aromatic heterocycles. The van der Waals surface area contributed by atoms with Crippen molar-refractivity contribution >= 4 is 6.09 Å². The van der Waals surface area contributed by atoms with Crippen LogP contribution in [0.2, 0.25) is 0 Å². The van der Waals surface area contributed by atoms with Gasteiger partial charge in [0.1, 0.15) is 6.61 Å². The Kier molecular flexibility index (Phi) is 6.24. The summed E-state index contributed by atoms with van der Waals surface area (Å²) < 4.78 is 31.3. The number of hydrogen-bond donors (Lipinski definition) is 0. The Labute approximate surface area is 147 Å². The second-order valence-electron chi connectivity index (χ2n) is 6.99. The molecule has 1 aromatic carbocycles. The number of likely N-dealkylation sites (tertiary alicyclic amines) is 2. The highest BCUT2D eigenvalue weighted by Gasteiger charge is 2.33. The van der Waals surface area contributed by atoms with Crippen LogP contribution in [0.3, 0.4) is 0 Å². The van der Waals surface area contributed by atoms with Crippen molar-refractivity contribution in [3.8, 4) is 0 Å². The van der Waals surface area contributed by atoms with E-state index in [-0.39, 0.29) is 12.7 Å². The monoisotopic (exact) mass is 352 g/mol. The number of rotatable bonds is 4. The van der Waals surface area contributed by atoms with Crippen molar-refractivity contribution in [3.05, 3.63) is 35.9 Å². The fraction of sp³-hybridized carbons (Fsp3) is 0.632. The highest BCUT2D eigenvalue weighted by atomic mass is 19.3. The summed E-state index contributed by atoms with van der Waals surface area (Å²) in [6, 6.07) is 9.92. The molecule has 25 heavy (non-hydrogen) atoms. The Hall–Kier alpha value is -1.69. The summed E-state index contributed by atoms with van der Waals surface area (Å²) in [7, 11) is 0. The van der Waals surface area contributed by atoms with Gasteiger partial charge in [0.05, 0.1) is 0 Å². The topological polar surface area (TPSA) is 32.8 Å². The van der Waals surface area contributed by atoms with Gasteiger partial charge in [-0.25, -0.2) is 13.6 Å². The van der Waals surface area contributed by atoms with Crippen molar-refractivity contribution in [1.29, 1.82) is 0 Å². The minimum absolute atomic E-state index is 0.280. The predicted molar refractivity (Wildman–Crippen MR) is 91.5 cm³/mol. The van der Waals surface area contributed by atoms with Crippen LogP contribution in [-0.2, 0) is 11.3 Å². The highest BCUT2D eigenvalue weighted by molar-refractivity contribution is 5.67. The lowest BCUT2D eigenvalue weighted by molar-refractivity contribution is 0.00165. The van der Waals surface area contributed by atoms with Crippen LogP contribution in [0.1, 0.15) is 31.2 Å². The lowest BCUT2D eigenvalue weighted by atomic mass is 9.94. The Balaban J connectivity index is 1.43. The minimum atomic E-state index is -2.23. The third-order valence-corrected chi connectivity index (χ3v) is 5.29. The molecule has 0 radical (unpaired) electrons. The first kappa shape index (κ1) is 18.1. The van der Waals surface area contributed by atoms with E-state index in [9.17, 15) is 13.6 Å². The van der Waals surface area contributed by atoms with Gasteiger partial charge in [-0.3, -0.25) is 4.90 Å². The highest BCUT2D eigenvalue weighted by Crippen LogP contribution is 2.27. The standard InChI is InChI=1S/C19H26F2N2O2/c20-18(21)16-7-4-10-23(13-16)17-8-11-22(12-9-17)19(24)25-14-15-5-2-1-3-6-15/h1-3,5-6,16-18H,4,7-14H2. The van der Waals surface area contributed by atoms with Crippen molar-refractivity contribution < 1.29 is 18.3 Å². The van der Waals surface area contributed by atoms with Crippen LogP contribution in [-0.4, -0.2) is 54.5 Å². The number of amides is 1. The molecular weight excluding hydrogens is 326 g/mol. The SMILES string of the molecule is O=C(OCc1ccccc1)N1CCC(N2CCCC(C(F)F)C2)CC1. The summed E-state index contributed by atoms with van der Waals surface area (Å²) in [4.78, 5) is 16.1. The number of carbonyl (C=O) groups is 1. The van der Waals surface area contributed by atoms with E-state index in [1.54, 1.807) is 4.90 Å². The third kappa shape index (κ3) is 4.91. The average Bonchev–Trinajstić information content (AvgIpc) is 2.67. The Morgan fingerprint density at radius 1 is 1.12 bits per heavy atom. The quantitative estimate of drug-likeness (QED) is 0.827. The van der Waals surface area contributed by atoms with Gasteiger partial charge in [0.25, 0.3) is 0 Å². The molecule has 3 rings (SSSR count). The van der Waals surface area contributed by atoms with Gasteiger partial charge in [-0.15, -0.1) is 0 Å². The second kappa shape index (κ2) is 8.61. The van der Waals surface area contributed by atoms with E-state index < -0.39 is 12.3 Å². The number of ether oxygens (including phenoxy) is 1. The number of carbonyl (C=O) groups excluding carboxylic acids is 1. The molecule has 1 unspecified atom stereocenters. The van der Waals surface area contributed by atoms with Crippen molar-refractivity contribution in [1.82, 2.24) is 9.80 Å². The van der Waals surface area contributed by atoms with Crippen molar-refractivity contribution in [2.75, 3.05) is 26.2 Å². The Morgan fingerprint density at radius 2 is 1.84 bits per heavy atom. The van der Waals surface area contributed by atoms with Gasteiger partial charge in [-0.2, -0.15) is 0 Å². The fourth-order valence-electron chi connectivity index (χ4n) is 3.80. The van der Waals surface area contributed by atoms with E-state index in [4.69, 9.17) is 4.74 Å². The van der Waals surface area contributed by atoms with Gasteiger partial charge >= 0.3 is 6.09 Å². The number of hydrogen-bond acceptors (Lipinski definition) is 3. The Morgan fingerprint density at radius 3 is 2.52 bits per heavy atom. The molecule has 1 atom stereocenters. The van der Waals surface area contributed by atoms with Crippen LogP contribution in [0.25, 0.3) is 0 Å². The normalized spacial score (nSPS) is 23.0. The van der Waals surface area contributed by atoms with Crippen LogP contribution in [0.15, 0.2) is 30.3 Å². The molecule has 2 saturated heterocycles. The zero-order valence-electron chi connectivity index (χ0n) is 14.4. The second-order valence-corrected chi connectivity index (χ2v) is 6.99. The van der Waals surface area contributed by atoms with Gasteiger partial charge in [0, 0.05) is 31.6 Å². The molecule has 4 nitrogen and oxygen atoms in total. The molecule has 2 fully saturated rings. The molecule has 0 aliphatic carbocycles. The lowest BCUT2D eigenvalue weighted by Crippen LogP contribution is -2.50.